The molecule has 3 atom stereocenters. The Labute approximate surface area is 215 Å². The van der Waals surface area contributed by atoms with E-state index in [9.17, 15) is 13.5 Å². The van der Waals surface area contributed by atoms with Gasteiger partial charge in [0.2, 0.25) is 16.0 Å². The first-order chi connectivity index (χ1) is 17.1. The Hall–Kier alpha value is -2.96. The van der Waals surface area contributed by atoms with Crippen LogP contribution >= 0.6 is 11.6 Å². The summed E-state index contributed by atoms with van der Waals surface area (Å²) >= 11 is 5.86. The highest BCUT2D eigenvalue weighted by Gasteiger charge is 2.33. The van der Waals surface area contributed by atoms with Crippen molar-refractivity contribution < 1.29 is 23.0 Å². The standard InChI is InChI=1S/C23H31ClN6O5S/c1-6-16(13-35-7-2)22-27-28-23(30(22)20-18(31)9-8-10-19(20)34-5)29-36(32,33)15(4)14(3)21-25-11-17(24)12-26-21/h8-12,14-16,31H,6-7,13H2,1-5H3,(H,28,29)/t14-,15-,16-/m0/s1. The van der Waals surface area contributed by atoms with Crippen molar-refractivity contribution in [1.29, 1.82) is 0 Å². The Bertz CT molecular complexity index is 1270. The van der Waals surface area contributed by atoms with Crippen LogP contribution in [0, 0.1) is 0 Å². The highest BCUT2D eigenvalue weighted by molar-refractivity contribution is 7.93. The zero-order valence-corrected chi connectivity index (χ0v) is 22.4. The number of hydrogen-bond donors (Lipinski definition) is 2. The van der Waals surface area contributed by atoms with E-state index in [1.54, 1.807) is 26.0 Å². The normalized spacial score (nSPS) is 14.3. The number of halogens is 1. The zero-order chi connectivity index (χ0) is 26.5. The summed E-state index contributed by atoms with van der Waals surface area (Å²) in [6.07, 6.45) is 3.48. The second-order valence-electron chi connectivity index (χ2n) is 8.21. The molecule has 2 aromatic heterocycles. The maximum atomic E-state index is 13.4. The number of aromatic hydroxyl groups is 1. The van der Waals surface area contributed by atoms with E-state index in [1.807, 2.05) is 13.8 Å². The average molecular weight is 539 g/mol. The van der Waals surface area contributed by atoms with Crippen LogP contribution in [0.3, 0.4) is 0 Å². The summed E-state index contributed by atoms with van der Waals surface area (Å²) in [5, 5.41) is 18.6. The van der Waals surface area contributed by atoms with Crippen molar-refractivity contribution in [3.8, 4) is 17.2 Å². The Morgan fingerprint density at radius 1 is 1.17 bits per heavy atom. The Morgan fingerprint density at radius 2 is 1.86 bits per heavy atom. The molecule has 196 valence electrons. The number of aromatic nitrogens is 5. The van der Waals surface area contributed by atoms with Crippen LogP contribution < -0.4 is 9.46 Å². The first-order valence-electron chi connectivity index (χ1n) is 11.5. The molecule has 11 nitrogen and oxygen atoms in total. The molecule has 1 aromatic carbocycles. The van der Waals surface area contributed by atoms with Crippen LogP contribution in [0.4, 0.5) is 5.95 Å². The van der Waals surface area contributed by atoms with Crippen LogP contribution in [0.5, 0.6) is 11.5 Å². The summed E-state index contributed by atoms with van der Waals surface area (Å²) in [5.41, 5.74) is 0.217. The minimum atomic E-state index is -4.01. The Balaban J connectivity index is 2.07. The van der Waals surface area contributed by atoms with Crippen molar-refractivity contribution >= 4 is 27.6 Å². The highest BCUT2D eigenvalue weighted by atomic mass is 35.5. The third-order valence-electron chi connectivity index (χ3n) is 5.97. The van der Waals surface area contributed by atoms with E-state index >= 15 is 0 Å². The lowest BCUT2D eigenvalue weighted by Crippen LogP contribution is -2.31. The molecule has 0 bridgehead atoms. The molecule has 3 rings (SSSR count). The number of methoxy groups -OCH3 is 1. The van der Waals surface area contributed by atoms with Crippen molar-refractivity contribution in [2.45, 2.75) is 51.2 Å². The molecule has 0 unspecified atom stereocenters. The third kappa shape index (κ3) is 5.88. The molecule has 0 aliphatic carbocycles. The number of para-hydroxylation sites is 1. The lowest BCUT2D eigenvalue weighted by molar-refractivity contribution is 0.128. The maximum absolute atomic E-state index is 13.4. The quantitative estimate of drug-likeness (QED) is 0.351. The van der Waals surface area contributed by atoms with E-state index < -0.39 is 21.2 Å². The van der Waals surface area contributed by atoms with Gasteiger partial charge in [0.25, 0.3) is 0 Å². The lowest BCUT2D eigenvalue weighted by Gasteiger charge is -2.22. The van der Waals surface area contributed by atoms with Gasteiger partial charge in [-0.3, -0.25) is 9.29 Å². The second kappa shape index (κ2) is 11.8. The summed E-state index contributed by atoms with van der Waals surface area (Å²) < 4.78 is 42.0. The van der Waals surface area contributed by atoms with E-state index in [2.05, 4.69) is 24.9 Å². The van der Waals surface area contributed by atoms with Crippen LogP contribution in [-0.4, -0.2) is 63.8 Å². The van der Waals surface area contributed by atoms with Gasteiger partial charge in [-0.05, 0) is 32.4 Å². The van der Waals surface area contributed by atoms with Crippen molar-refractivity contribution in [3.63, 3.8) is 0 Å². The van der Waals surface area contributed by atoms with Gasteiger partial charge in [0, 0.05) is 30.8 Å². The molecular weight excluding hydrogens is 508 g/mol. The number of sulfonamides is 1. The number of anilines is 1. The summed E-state index contributed by atoms with van der Waals surface area (Å²) in [6, 6.07) is 4.76. The van der Waals surface area contributed by atoms with E-state index in [4.69, 9.17) is 21.1 Å². The van der Waals surface area contributed by atoms with Gasteiger partial charge in [0.15, 0.2) is 0 Å². The van der Waals surface area contributed by atoms with Gasteiger partial charge in [0.1, 0.15) is 28.8 Å². The van der Waals surface area contributed by atoms with Crippen LogP contribution in [-0.2, 0) is 14.8 Å². The van der Waals surface area contributed by atoms with Gasteiger partial charge in [-0.1, -0.05) is 31.5 Å². The topological polar surface area (TPSA) is 141 Å². The third-order valence-corrected chi connectivity index (χ3v) is 8.01. The first kappa shape index (κ1) is 27.6. The van der Waals surface area contributed by atoms with Gasteiger partial charge in [0.05, 0.1) is 24.0 Å². The fourth-order valence-corrected chi connectivity index (χ4v) is 4.97. The van der Waals surface area contributed by atoms with E-state index in [1.165, 1.54) is 30.1 Å². The van der Waals surface area contributed by atoms with Gasteiger partial charge < -0.3 is 14.6 Å². The molecule has 0 spiro atoms. The monoisotopic (exact) mass is 538 g/mol. The smallest absolute Gasteiger partial charge is 0.243 e. The molecule has 0 aliphatic heterocycles. The molecule has 13 heteroatoms. The fourth-order valence-electron chi connectivity index (χ4n) is 3.64. The number of nitrogens with zero attached hydrogens (tertiary/aromatic N) is 5. The molecule has 0 fully saturated rings. The number of benzene rings is 1. The second-order valence-corrected chi connectivity index (χ2v) is 10.7. The van der Waals surface area contributed by atoms with Gasteiger partial charge in [-0.25, -0.2) is 18.4 Å². The Kier molecular flexibility index (Phi) is 9.09. The first-order valence-corrected chi connectivity index (χ1v) is 13.4. The Morgan fingerprint density at radius 3 is 2.47 bits per heavy atom. The van der Waals surface area contributed by atoms with E-state index in [0.717, 1.165) is 0 Å². The molecule has 36 heavy (non-hydrogen) atoms. The fraction of sp³-hybridized carbons (Fsp3) is 0.478. The summed E-state index contributed by atoms with van der Waals surface area (Å²) in [7, 11) is -2.55. The summed E-state index contributed by atoms with van der Waals surface area (Å²) in [4.78, 5) is 8.31. The maximum Gasteiger partial charge on any atom is 0.243 e. The molecule has 2 heterocycles. The summed E-state index contributed by atoms with van der Waals surface area (Å²) in [5.74, 6) is 0.0813. The predicted octanol–water partition coefficient (Wildman–Crippen LogP) is 3.89. The number of hydrogen-bond acceptors (Lipinski definition) is 9. The molecular formula is C23H31ClN6O5S. The van der Waals surface area contributed by atoms with Crippen LogP contribution in [0.2, 0.25) is 5.02 Å². The number of ether oxygens (including phenoxy) is 2. The van der Waals surface area contributed by atoms with Crippen LogP contribution in [0.25, 0.3) is 5.69 Å². The zero-order valence-electron chi connectivity index (χ0n) is 20.8. The molecule has 0 amide bonds. The number of nitrogens with one attached hydrogen (secondary N) is 1. The van der Waals surface area contributed by atoms with Crippen LogP contribution in [0.15, 0.2) is 30.6 Å². The lowest BCUT2D eigenvalue weighted by atomic mass is 10.1. The number of rotatable bonds is 12. The van der Waals surface area contributed by atoms with Crippen molar-refractivity contribution in [3.05, 3.63) is 47.3 Å². The highest BCUT2D eigenvalue weighted by Crippen LogP contribution is 2.37. The molecule has 0 saturated carbocycles. The number of phenols is 1. The van der Waals surface area contributed by atoms with E-state index in [0.29, 0.717) is 42.1 Å². The molecule has 3 aromatic rings. The average Bonchev–Trinajstić information content (AvgIpc) is 3.25. The van der Waals surface area contributed by atoms with Crippen molar-refractivity contribution in [2.75, 3.05) is 25.0 Å². The van der Waals surface area contributed by atoms with Crippen molar-refractivity contribution in [2.24, 2.45) is 0 Å². The predicted molar refractivity (Wildman–Crippen MR) is 137 cm³/mol. The SMILES string of the molecule is CCOC[C@H](CC)c1nnc(NS(=O)(=O)[C@@H](C)[C@H](C)c2ncc(Cl)cn2)n1-c1c(O)cccc1OC. The molecule has 0 saturated heterocycles. The summed E-state index contributed by atoms with van der Waals surface area (Å²) in [6.45, 7) is 7.96. The minimum absolute atomic E-state index is 0.0872. The minimum Gasteiger partial charge on any atom is -0.506 e. The number of phenolic OH excluding ortho intramolecular Hbond substituents is 1. The van der Waals surface area contributed by atoms with Gasteiger partial charge in [-0.15, -0.1) is 10.2 Å². The molecule has 0 radical (unpaired) electrons. The van der Waals surface area contributed by atoms with Crippen molar-refractivity contribution in [1.82, 2.24) is 24.7 Å². The van der Waals surface area contributed by atoms with Crippen LogP contribution in [0.1, 0.15) is 57.6 Å². The molecule has 2 N–H and O–H groups in total. The van der Waals surface area contributed by atoms with E-state index in [-0.39, 0.29) is 23.3 Å². The van der Waals surface area contributed by atoms with Gasteiger partial charge in [-0.2, -0.15) is 0 Å². The van der Waals surface area contributed by atoms with Gasteiger partial charge >= 0.3 is 0 Å². The largest absolute Gasteiger partial charge is 0.506 e. The molecule has 0 aliphatic rings.